The second-order valence-corrected chi connectivity index (χ2v) is 4.47. The molecule has 0 bridgehead atoms. The molecule has 1 atom stereocenters. The number of benzene rings is 1. The molecule has 0 spiro atoms. The molecule has 2 rings (SSSR count). The van der Waals surface area contributed by atoms with Crippen molar-refractivity contribution in [2.24, 2.45) is 5.73 Å². The van der Waals surface area contributed by atoms with Gasteiger partial charge < -0.3 is 5.73 Å². The second-order valence-electron chi connectivity index (χ2n) is 4.47. The molecule has 1 heterocycles. The summed E-state index contributed by atoms with van der Waals surface area (Å²) in [6.07, 6.45) is 2.23. The quantitative estimate of drug-likeness (QED) is 0.792. The molecule has 0 fully saturated rings. The normalized spacial score (nSPS) is 21.4. The summed E-state index contributed by atoms with van der Waals surface area (Å²) in [7, 11) is 2.16. The summed E-state index contributed by atoms with van der Waals surface area (Å²) in [6.45, 7) is 4.00. The van der Waals surface area contributed by atoms with Gasteiger partial charge >= 0.3 is 0 Å². The molecule has 0 aliphatic carbocycles. The molecule has 1 aromatic carbocycles. The summed E-state index contributed by atoms with van der Waals surface area (Å²) in [5.74, 6) is 0. The number of likely N-dealkylation sites (N-methyl/N-ethyl adjacent to an activating group) is 1. The van der Waals surface area contributed by atoms with Gasteiger partial charge in [0.2, 0.25) is 0 Å². The van der Waals surface area contributed by atoms with Crippen LogP contribution >= 0.6 is 0 Å². The van der Waals surface area contributed by atoms with E-state index in [1.54, 1.807) is 0 Å². The summed E-state index contributed by atoms with van der Waals surface area (Å²) in [5, 5.41) is 0. The van der Waals surface area contributed by atoms with Gasteiger partial charge in [0.1, 0.15) is 0 Å². The first kappa shape index (κ1) is 10.7. The molecule has 0 radical (unpaired) electrons. The van der Waals surface area contributed by atoms with Crippen molar-refractivity contribution >= 4 is 0 Å². The van der Waals surface area contributed by atoms with Crippen LogP contribution in [0.2, 0.25) is 0 Å². The van der Waals surface area contributed by atoms with Gasteiger partial charge in [-0.3, -0.25) is 4.90 Å². The Morgan fingerprint density at radius 2 is 2.20 bits per heavy atom. The SMILES string of the molecule is CCc1ccc2c(c1)C[C@H](CN)N(C)C2. The maximum atomic E-state index is 5.78. The molecule has 82 valence electrons. The van der Waals surface area contributed by atoms with Crippen molar-refractivity contribution in [3.63, 3.8) is 0 Å². The van der Waals surface area contributed by atoms with Crippen LogP contribution in [0.1, 0.15) is 23.6 Å². The molecule has 0 aromatic heterocycles. The van der Waals surface area contributed by atoms with Crippen LogP contribution < -0.4 is 5.73 Å². The molecular formula is C13H20N2. The number of hydrogen-bond donors (Lipinski definition) is 1. The molecule has 0 unspecified atom stereocenters. The average molecular weight is 204 g/mol. The molecule has 1 aromatic rings. The molecule has 0 amide bonds. The van der Waals surface area contributed by atoms with Crippen molar-refractivity contribution in [2.45, 2.75) is 32.4 Å². The van der Waals surface area contributed by atoms with Crippen LogP contribution in [-0.2, 0) is 19.4 Å². The highest BCUT2D eigenvalue weighted by atomic mass is 15.1. The molecule has 2 heteroatoms. The first-order chi connectivity index (χ1) is 7.24. The predicted octanol–water partition coefficient (Wildman–Crippen LogP) is 1.56. The van der Waals surface area contributed by atoms with E-state index in [-0.39, 0.29) is 0 Å². The number of aryl methyl sites for hydroxylation is 1. The van der Waals surface area contributed by atoms with Crippen LogP contribution in [0, 0.1) is 0 Å². The molecule has 1 aliphatic heterocycles. The summed E-state index contributed by atoms with van der Waals surface area (Å²) in [5.41, 5.74) is 10.2. The molecule has 0 saturated carbocycles. The Hall–Kier alpha value is -0.860. The Morgan fingerprint density at radius 3 is 2.87 bits per heavy atom. The third-order valence-electron chi connectivity index (χ3n) is 3.45. The topological polar surface area (TPSA) is 29.3 Å². The Morgan fingerprint density at radius 1 is 1.40 bits per heavy atom. The van der Waals surface area contributed by atoms with Crippen molar-refractivity contribution in [1.82, 2.24) is 4.90 Å². The van der Waals surface area contributed by atoms with E-state index in [4.69, 9.17) is 5.73 Å². The highest BCUT2D eigenvalue weighted by molar-refractivity contribution is 5.34. The average Bonchev–Trinajstić information content (AvgIpc) is 2.27. The lowest BCUT2D eigenvalue weighted by Gasteiger charge is -2.33. The minimum Gasteiger partial charge on any atom is -0.329 e. The molecule has 15 heavy (non-hydrogen) atoms. The number of fused-ring (bicyclic) bond motifs is 1. The maximum Gasteiger partial charge on any atom is 0.0259 e. The number of nitrogens with two attached hydrogens (primary N) is 1. The van der Waals surface area contributed by atoms with E-state index in [0.29, 0.717) is 6.04 Å². The second kappa shape index (κ2) is 4.33. The van der Waals surface area contributed by atoms with E-state index in [1.807, 2.05) is 0 Å². The highest BCUT2D eigenvalue weighted by Gasteiger charge is 2.21. The minimum atomic E-state index is 0.518. The van der Waals surface area contributed by atoms with Crippen LogP contribution in [0.4, 0.5) is 0 Å². The zero-order chi connectivity index (χ0) is 10.8. The van der Waals surface area contributed by atoms with E-state index in [0.717, 1.165) is 25.9 Å². The Balaban J connectivity index is 2.29. The summed E-state index contributed by atoms with van der Waals surface area (Å²) in [4.78, 5) is 2.36. The van der Waals surface area contributed by atoms with Gasteiger partial charge in [-0.05, 0) is 36.6 Å². The van der Waals surface area contributed by atoms with Crippen molar-refractivity contribution in [3.8, 4) is 0 Å². The lowest BCUT2D eigenvalue weighted by atomic mass is 9.92. The van der Waals surface area contributed by atoms with Gasteiger partial charge in [-0.1, -0.05) is 25.1 Å². The lowest BCUT2D eigenvalue weighted by Crippen LogP contribution is -2.42. The summed E-state index contributed by atoms with van der Waals surface area (Å²) >= 11 is 0. The monoisotopic (exact) mass is 204 g/mol. The largest absolute Gasteiger partial charge is 0.329 e. The smallest absolute Gasteiger partial charge is 0.0259 e. The van der Waals surface area contributed by atoms with Gasteiger partial charge in [-0.15, -0.1) is 0 Å². The molecule has 1 aliphatic rings. The van der Waals surface area contributed by atoms with Crippen molar-refractivity contribution in [3.05, 3.63) is 34.9 Å². The number of hydrogen-bond acceptors (Lipinski definition) is 2. The molecule has 2 nitrogen and oxygen atoms in total. The Kier molecular flexibility index (Phi) is 3.08. The zero-order valence-electron chi connectivity index (χ0n) is 9.66. The van der Waals surface area contributed by atoms with E-state index in [1.165, 1.54) is 16.7 Å². The standard InChI is InChI=1S/C13H20N2/c1-3-10-4-5-11-9-15(2)13(8-14)7-12(11)6-10/h4-6,13H,3,7-9,14H2,1-2H3/t13-/m1/s1. The van der Waals surface area contributed by atoms with Crippen LogP contribution in [-0.4, -0.2) is 24.5 Å². The van der Waals surface area contributed by atoms with Crippen LogP contribution in [0.25, 0.3) is 0 Å². The Bertz CT molecular complexity index is 346. The maximum absolute atomic E-state index is 5.78. The van der Waals surface area contributed by atoms with Crippen LogP contribution in [0.5, 0.6) is 0 Å². The predicted molar refractivity (Wildman–Crippen MR) is 63.8 cm³/mol. The zero-order valence-corrected chi connectivity index (χ0v) is 9.66. The number of rotatable bonds is 2. The third kappa shape index (κ3) is 2.06. The minimum absolute atomic E-state index is 0.518. The fraction of sp³-hybridized carbons (Fsp3) is 0.538. The van der Waals surface area contributed by atoms with E-state index < -0.39 is 0 Å². The van der Waals surface area contributed by atoms with Crippen LogP contribution in [0.3, 0.4) is 0 Å². The van der Waals surface area contributed by atoms with E-state index in [2.05, 4.69) is 37.1 Å². The summed E-state index contributed by atoms with van der Waals surface area (Å²) in [6, 6.07) is 7.39. The van der Waals surface area contributed by atoms with Gasteiger partial charge in [0.15, 0.2) is 0 Å². The fourth-order valence-corrected chi connectivity index (χ4v) is 2.31. The first-order valence-electron chi connectivity index (χ1n) is 5.75. The van der Waals surface area contributed by atoms with E-state index >= 15 is 0 Å². The molecule has 2 N–H and O–H groups in total. The summed E-state index contributed by atoms with van der Waals surface area (Å²) < 4.78 is 0. The lowest BCUT2D eigenvalue weighted by molar-refractivity contribution is 0.220. The molecular weight excluding hydrogens is 184 g/mol. The third-order valence-corrected chi connectivity index (χ3v) is 3.45. The van der Waals surface area contributed by atoms with Gasteiger partial charge in [-0.2, -0.15) is 0 Å². The van der Waals surface area contributed by atoms with Crippen molar-refractivity contribution < 1.29 is 0 Å². The highest BCUT2D eigenvalue weighted by Crippen LogP contribution is 2.23. The van der Waals surface area contributed by atoms with Gasteiger partial charge in [0.05, 0.1) is 0 Å². The van der Waals surface area contributed by atoms with Crippen molar-refractivity contribution in [2.75, 3.05) is 13.6 Å². The fourth-order valence-electron chi connectivity index (χ4n) is 2.31. The first-order valence-corrected chi connectivity index (χ1v) is 5.75. The van der Waals surface area contributed by atoms with E-state index in [9.17, 15) is 0 Å². The van der Waals surface area contributed by atoms with Crippen LogP contribution in [0.15, 0.2) is 18.2 Å². The molecule has 0 saturated heterocycles. The van der Waals surface area contributed by atoms with Gasteiger partial charge in [0, 0.05) is 19.1 Å². The van der Waals surface area contributed by atoms with Gasteiger partial charge in [-0.25, -0.2) is 0 Å². The van der Waals surface area contributed by atoms with Gasteiger partial charge in [0.25, 0.3) is 0 Å². The van der Waals surface area contributed by atoms with Crippen molar-refractivity contribution in [1.29, 1.82) is 0 Å². The Labute approximate surface area is 92.1 Å². The number of nitrogens with zero attached hydrogens (tertiary/aromatic N) is 1.